The van der Waals surface area contributed by atoms with Crippen molar-refractivity contribution in [3.05, 3.63) is 28.3 Å². The van der Waals surface area contributed by atoms with Crippen LogP contribution in [0.15, 0.2) is 12.1 Å². The third-order valence-electron chi connectivity index (χ3n) is 4.95. The number of aromatic nitrogens is 2. The fourth-order valence-electron chi connectivity index (χ4n) is 3.43. The molecule has 2 nitrogen and oxygen atoms in total. The number of halogens is 1. The van der Waals surface area contributed by atoms with Gasteiger partial charge in [-0.1, -0.05) is 32.6 Å². The zero-order valence-electron chi connectivity index (χ0n) is 12.8. The fraction of sp³-hybridized carbons (Fsp3) is 0.588. The number of aromatic amines is 1. The van der Waals surface area contributed by atoms with E-state index in [1.54, 1.807) is 13.0 Å². The molecule has 0 bridgehead atoms. The van der Waals surface area contributed by atoms with Crippen LogP contribution >= 0.6 is 12.2 Å². The lowest BCUT2D eigenvalue weighted by Crippen LogP contribution is -2.14. The molecule has 2 aromatic rings. The highest BCUT2D eigenvalue weighted by molar-refractivity contribution is 7.71. The molecule has 0 aliphatic heterocycles. The normalized spacial score (nSPS) is 22.8. The summed E-state index contributed by atoms with van der Waals surface area (Å²) >= 11 is 5.41. The van der Waals surface area contributed by atoms with Gasteiger partial charge in [-0.15, -0.1) is 0 Å². The second-order valence-corrected chi connectivity index (χ2v) is 7.00. The molecule has 1 aromatic carbocycles. The number of benzene rings is 1. The molecule has 4 heteroatoms. The third-order valence-corrected chi connectivity index (χ3v) is 5.27. The lowest BCUT2D eigenvalue weighted by molar-refractivity contribution is 0.269. The van der Waals surface area contributed by atoms with Gasteiger partial charge in [-0.2, -0.15) is 0 Å². The van der Waals surface area contributed by atoms with Crippen LogP contribution in [0.2, 0.25) is 0 Å². The van der Waals surface area contributed by atoms with Gasteiger partial charge in [0, 0.05) is 6.54 Å². The maximum absolute atomic E-state index is 13.6. The Morgan fingerprint density at radius 1 is 1.29 bits per heavy atom. The van der Waals surface area contributed by atoms with Crippen LogP contribution in [0.4, 0.5) is 4.39 Å². The molecule has 0 atom stereocenters. The summed E-state index contributed by atoms with van der Waals surface area (Å²) in [6.07, 6.45) is 6.56. The molecule has 3 rings (SSSR count). The quantitative estimate of drug-likeness (QED) is 0.757. The molecule has 1 aliphatic rings. The molecule has 1 aliphatic carbocycles. The summed E-state index contributed by atoms with van der Waals surface area (Å²) in [6, 6.07) is 3.46. The van der Waals surface area contributed by atoms with Crippen LogP contribution in [0.3, 0.4) is 0 Å². The Morgan fingerprint density at radius 3 is 2.71 bits per heavy atom. The summed E-state index contributed by atoms with van der Waals surface area (Å²) in [7, 11) is 0. The zero-order chi connectivity index (χ0) is 15.0. The molecular formula is C17H23FN2S. The number of fused-ring (bicyclic) bond motifs is 1. The van der Waals surface area contributed by atoms with E-state index in [-0.39, 0.29) is 5.82 Å². The maximum atomic E-state index is 13.6. The van der Waals surface area contributed by atoms with Crippen molar-refractivity contribution < 1.29 is 4.39 Å². The summed E-state index contributed by atoms with van der Waals surface area (Å²) in [5, 5.41) is 0. The van der Waals surface area contributed by atoms with Crippen molar-refractivity contribution in [1.82, 2.24) is 9.55 Å². The van der Waals surface area contributed by atoms with Gasteiger partial charge in [0.25, 0.3) is 0 Å². The molecule has 0 amide bonds. The van der Waals surface area contributed by atoms with Crippen molar-refractivity contribution in [2.75, 3.05) is 0 Å². The van der Waals surface area contributed by atoms with Crippen LogP contribution in [0.1, 0.15) is 44.6 Å². The first-order chi connectivity index (χ1) is 10.0. The van der Waals surface area contributed by atoms with E-state index < -0.39 is 0 Å². The van der Waals surface area contributed by atoms with Gasteiger partial charge in [0.05, 0.1) is 11.0 Å². The lowest BCUT2D eigenvalue weighted by Gasteiger charge is -2.26. The number of nitrogens with zero attached hydrogens (tertiary/aromatic N) is 1. The first-order valence-electron chi connectivity index (χ1n) is 7.93. The van der Waals surface area contributed by atoms with Crippen LogP contribution in [0.5, 0.6) is 0 Å². The van der Waals surface area contributed by atoms with E-state index in [0.717, 1.165) is 29.4 Å². The molecule has 1 saturated carbocycles. The molecule has 114 valence electrons. The third kappa shape index (κ3) is 3.05. The second kappa shape index (κ2) is 5.91. The summed E-state index contributed by atoms with van der Waals surface area (Å²) in [5.74, 6) is 1.53. The van der Waals surface area contributed by atoms with Crippen molar-refractivity contribution >= 4 is 23.3 Å². The smallest absolute Gasteiger partial charge is 0.178 e. The molecule has 0 spiro atoms. The van der Waals surface area contributed by atoms with Crippen LogP contribution in [-0.2, 0) is 6.54 Å². The molecule has 0 radical (unpaired) electrons. The predicted molar refractivity (Wildman–Crippen MR) is 87.6 cm³/mol. The van der Waals surface area contributed by atoms with Crippen LogP contribution in [-0.4, -0.2) is 9.55 Å². The van der Waals surface area contributed by atoms with Crippen molar-refractivity contribution in [2.45, 2.75) is 52.5 Å². The van der Waals surface area contributed by atoms with Crippen molar-refractivity contribution in [3.63, 3.8) is 0 Å². The van der Waals surface area contributed by atoms with E-state index >= 15 is 0 Å². The predicted octanol–water partition coefficient (Wildman–Crippen LogP) is 5.36. The van der Waals surface area contributed by atoms with E-state index in [4.69, 9.17) is 12.2 Å². The van der Waals surface area contributed by atoms with E-state index in [1.165, 1.54) is 32.1 Å². The topological polar surface area (TPSA) is 20.7 Å². The summed E-state index contributed by atoms with van der Waals surface area (Å²) in [4.78, 5) is 3.13. The first-order valence-corrected chi connectivity index (χ1v) is 8.34. The monoisotopic (exact) mass is 306 g/mol. The highest BCUT2D eigenvalue weighted by Crippen LogP contribution is 2.31. The second-order valence-electron chi connectivity index (χ2n) is 6.61. The first kappa shape index (κ1) is 14.8. The number of H-pyrrole nitrogens is 1. The van der Waals surface area contributed by atoms with Gasteiger partial charge in [0.15, 0.2) is 4.77 Å². The number of nitrogens with one attached hydrogen (secondary N) is 1. The summed E-state index contributed by atoms with van der Waals surface area (Å²) in [5.41, 5.74) is 2.51. The molecule has 1 N–H and O–H groups in total. The minimum absolute atomic E-state index is 0.174. The highest BCUT2D eigenvalue weighted by Gasteiger charge is 2.18. The summed E-state index contributed by atoms with van der Waals surface area (Å²) in [6.45, 7) is 5.09. The van der Waals surface area contributed by atoms with Crippen molar-refractivity contribution in [1.29, 1.82) is 0 Å². The Bertz CT molecular complexity index is 693. The number of aryl methyl sites for hydroxylation is 2. The van der Waals surface area contributed by atoms with Gasteiger partial charge >= 0.3 is 0 Å². The van der Waals surface area contributed by atoms with E-state index in [1.807, 2.05) is 6.07 Å². The van der Waals surface area contributed by atoms with Gasteiger partial charge in [-0.3, -0.25) is 0 Å². The largest absolute Gasteiger partial charge is 0.330 e. The van der Waals surface area contributed by atoms with Crippen LogP contribution in [0, 0.1) is 29.3 Å². The van der Waals surface area contributed by atoms with Gasteiger partial charge in [-0.25, -0.2) is 4.39 Å². The van der Waals surface area contributed by atoms with E-state index in [0.29, 0.717) is 10.3 Å². The SMILES string of the molecule is Cc1cc2c(cc1F)[nH]c(=S)n2CCC1CCC(C)CC1. The van der Waals surface area contributed by atoms with Crippen LogP contribution < -0.4 is 0 Å². The average Bonchev–Trinajstić information content (AvgIpc) is 2.74. The molecule has 1 heterocycles. The molecule has 0 saturated heterocycles. The Morgan fingerprint density at radius 2 is 2.00 bits per heavy atom. The molecule has 21 heavy (non-hydrogen) atoms. The molecular weight excluding hydrogens is 283 g/mol. The standard InChI is InChI=1S/C17H23FN2S/c1-11-3-5-13(6-4-11)7-8-20-16-9-12(2)14(18)10-15(16)19-17(20)21/h9-11,13H,3-8H2,1-2H3,(H,19,21). The van der Waals surface area contributed by atoms with Gasteiger partial charge in [-0.05, 0) is 55.1 Å². The van der Waals surface area contributed by atoms with E-state index in [2.05, 4.69) is 16.5 Å². The highest BCUT2D eigenvalue weighted by atomic mass is 32.1. The number of imidazole rings is 1. The number of rotatable bonds is 3. The van der Waals surface area contributed by atoms with E-state index in [9.17, 15) is 4.39 Å². The Labute approximate surface area is 130 Å². The Balaban J connectivity index is 1.79. The molecule has 1 fully saturated rings. The minimum Gasteiger partial charge on any atom is -0.330 e. The van der Waals surface area contributed by atoms with Crippen molar-refractivity contribution in [3.8, 4) is 0 Å². The average molecular weight is 306 g/mol. The molecule has 0 unspecified atom stereocenters. The number of hydrogen-bond donors (Lipinski definition) is 1. The molecule has 1 aromatic heterocycles. The Kier molecular flexibility index (Phi) is 4.16. The lowest BCUT2D eigenvalue weighted by atomic mass is 9.81. The minimum atomic E-state index is -0.174. The number of hydrogen-bond acceptors (Lipinski definition) is 1. The van der Waals surface area contributed by atoms with Gasteiger partial charge in [0.2, 0.25) is 0 Å². The van der Waals surface area contributed by atoms with Gasteiger partial charge < -0.3 is 9.55 Å². The maximum Gasteiger partial charge on any atom is 0.178 e. The zero-order valence-corrected chi connectivity index (χ0v) is 13.6. The summed E-state index contributed by atoms with van der Waals surface area (Å²) < 4.78 is 16.5. The van der Waals surface area contributed by atoms with Crippen LogP contribution in [0.25, 0.3) is 11.0 Å². The van der Waals surface area contributed by atoms with Gasteiger partial charge in [0.1, 0.15) is 5.82 Å². The van der Waals surface area contributed by atoms with Crippen molar-refractivity contribution in [2.24, 2.45) is 11.8 Å². The Hall–Kier alpha value is -1.16. The fourth-order valence-corrected chi connectivity index (χ4v) is 3.73.